The van der Waals surface area contributed by atoms with Gasteiger partial charge in [-0.3, -0.25) is 4.79 Å². The normalized spacial score (nSPS) is 10.6. The van der Waals surface area contributed by atoms with Crippen molar-refractivity contribution in [2.24, 2.45) is 5.92 Å². The minimum absolute atomic E-state index is 0.185. The van der Waals surface area contributed by atoms with Gasteiger partial charge in [0.05, 0.1) is 15.6 Å². The number of rotatable bonds is 5. The zero-order chi connectivity index (χ0) is 16.1. The third kappa shape index (κ3) is 4.58. The van der Waals surface area contributed by atoms with Crippen LogP contribution in [0.3, 0.4) is 0 Å². The van der Waals surface area contributed by atoms with Crippen molar-refractivity contribution in [3.8, 4) is 0 Å². The molecule has 0 saturated carbocycles. The molecule has 7 heteroatoms. The summed E-state index contributed by atoms with van der Waals surface area (Å²) in [6, 6.07) is 5.12. The first-order valence-corrected chi connectivity index (χ1v) is 7.53. The van der Waals surface area contributed by atoms with Gasteiger partial charge in [-0.2, -0.15) is 0 Å². The van der Waals surface area contributed by atoms with Crippen molar-refractivity contribution in [1.82, 2.24) is 15.3 Å². The number of amides is 1. The SMILES string of the molecule is CC(C)CNC(=O)c1cnc(Nc2ccc(Cl)c(Cl)c2)nc1. The number of benzene rings is 1. The van der Waals surface area contributed by atoms with Crippen LogP contribution in [0.25, 0.3) is 0 Å². The van der Waals surface area contributed by atoms with E-state index in [0.29, 0.717) is 39.7 Å². The first-order valence-electron chi connectivity index (χ1n) is 6.78. The van der Waals surface area contributed by atoms with Gasteiger partial charge in [-0.15, -0.1) is 0 Å². The summed E-state index contributed by atoms with van der Waals surface area (Å²) in [4.78, 5) is 20.1. The highest BCUT2D eigenvalue weighted by Gasteiger charge is 2.08. The molecule has 0 unspecified atom stereocenters. The summed E-state index contributed by atoms with van der Waals surface area (Å²) >= 11 is 11.8. The number of nitrogens with zero attached hydrogens (tertiary/aromatic N) is 2. The molecule has 0 atom stereocenters. The average molecular weight is 339 g/mol. The van der Waals surface area contributed by atoms with Gasteiger partial charge in [0, 0.05) is 24.6 Å². The summed E-state index contributed by atoms with van der Waals surface area (Å²) in [6.45, 7) is 4.67. The van der Waals surface area contributed by atoms with Gasteiger partial charge in [0.25, 0.3) is 5.91 Å². The van der Waals surface area contributed by atoms with Crippen molar-refractivity contribution < 1.29 is 4.79 Å². The van der Waals surface area contributed by atoms with Gasteiger partial charge in [0.2, 0.25) is 5.95 Å². The fourth-order valence-electron chi connectivity index (χ4n) is 1.61. The molecule has 2 aromatic rings. The predicted molar refractivity (Wildman–Crippen MR) is 88.9 cm³/mol. The molecule has 0 fully saturated rings. The van der Waals surface area contributed by atoms with Crippen molar-refractivity contribution >= 4 is 40.7 Å². The van der Waals surface area contributed by atoms with E-state index in [1.807, 2.05) is 13.8 Å². The van der Waals surface area contributed by atoms with Gasteiger partial charge in [-0.25, -0.2) is 9.97 Å². The molecule has 1 heterocycles. The van der Waals surface area contributed by atoms with Gasteiger partial charge in [-0.05, 0) is 24.1 Å². The smallest absolute Gasteiger partial charge is 0.254 e. The number of aromatic nitrogens is 2. The van der Waals surface area contributed by atoms with E-state index >= 15 is 0 Å². The van der Waals surface area contributed by atoms with Gasteiger partial charge in [0.15, 0.2) is 0 Å². The number of anilines is 2. The molecular weight excluding hydrogens is 323 g/mol. The van der Waals surface area contributed by atoms with Crippen LogP contribution in [0.5, 0.6) is 0 Å². The molecule has 22 heavy (non-hydrogen) atoms. The van der Waals surface area contributed by atoms with Gasteiger partial charge >= 0.3 is 0 Å². The summed E-state index contributed by atoms with van der Waals surface area (Å²) in [6.07, 6.45) is 2.95. The van der Waals surface area contributed by atoms with Crippen LogP contribution in [0.4, 0.5) is 11.6 Å². The molecule has 5 nitrogen and oxygen atoms in total. The third-order valence-electron chi connectivity index (χ3n) is 2.76. The summed E-state index contributed by atoms with van der Waals surface area (Å²) in [5.74, 6) is 0.578. The maximum atomic E-state index is 11.9. The molecule has 116 valence electrons. The van der Waals surface area contributed by atoms with Crippen molar-refractivity contribution in [2.75, 3.05) is 11.9 Å². The maximum absolute atomic E-state index is 11.9. The second-order valence-electron chi connectivity index (χ2n) is 5.15. The molecule has 0 saturated heterocycles. The second-order valence-corrected chi connectivity index (χ2v) is 5.97. The Morgan fingerprint density at radius 3 is 2.45 bits per heavy atom. The highest BCUT2D eigenvalue weighted by molar-refractivity contribution is 6.42. The molecule has 0 radical (unpaired) electrons. The van der Waals surface area contributed by atoms with E-state index in [4.69, 9.17) is 23.2 Å². The number of nitrogens with one attached hydrogen (secondary N) is 2. The third-order valence-corrected chi connectivity index (χ3v) is 3.50. The van der Waals surface area contributed by atoms with Gasteiger partial charge in [-0.1, -0.05) is 37.0 Å². The van der Waals surface area contributed by atoms with E-state index in [1.54, 1.807) is 18.2 Å². The highest BCUT2D eigenvalue weighted by Crippen LogP contribution is 2.26. The Balaban J connectivity index is 2.02. The van der Waals surface area contributed by atoms with E-state index in [2.05, 4.69) is 20.6 Å². The topological polar surface area (TPSA) is 66.9 Å². The zero-order valence-electron chi connectivity index (χ0n) is 12.2. The largest absolute Gasteiger partial charge is 0.352 e. The minimum atomic E-state index is -0.185. The monoisotopic (exact) mass is 338 g/mol. The summed E-state index contributed by atoms with van der Waals surface area (Å²) in [5.41, 5.74) is 1.13. The molecule has 2 N–H and O–H groups in total. The molecule has 1 aromatic heterocycles. The van der Waals surface area contributed by atoms with Crippen LogP contribution in [0.2, 0.25) is 10.0 Å². The molecule has 0 aliphatic heterocycles. The Bertz CT molecular complexity index is 659. The van der Waals surface area contributed by atoms with Crippen molar-refractivity contribution in [1.29, 1.82) is 0 Å². The van der Waals surface area contributed by atoms with Crippen LogP contribution in [0.1, 0.15) is 24.2 Å². The number of hydrogen-bond donors (Lipinski definition) is 2. The number of carbonyl (C=O) groups excluding carboxylic acids is 1. The van der Waals surface area contributed by atoms with E-state index in [-0.39, 0.29) is 5.91 Å². The Hall–Kier alpha value is -1.85. The maximum Gasteiger partial charge on any atom is 0.254 e. The summed E-state index contributed by atoms with van der Waals surface area (Å²) in [7, 11) is 0. The lowest BCUT2D eigenvalue weighted by atomic mass is 10.2. The predicted octanol–water partition coefficient (Wildman–Crippen LogP) is 3.91. The lowest BCUT2D eigenvalue weighted by Gasteiger charge is -2.08. The van der Waals surface area contributed by atoms with Crippen LogP contribution in [0.15, 0.2) is 30.6 Å². The van der Waals surface area contributed by atoms with Crippen LogP contribution >= 0.6 is 23.2 Å². The number of halogens is 2. The molecule has 1 amide bonds. The summed E-state index contributed by atoms with van der Waals surface area (Å²) in [5, 5.41) is 6.72. The first kappa shape index (κ1) is 16.5. The van der Waals surface area contributed by atoms with Gasteiger partial charge < -0.3 is 10.6 Å². The van der Waals surface area contributed by atoms with Crippen molar-refractivity contribution in [2.45, 2.75) is 13.8 Å². The Morgan fingerprint density at radius 2 is 1.86 bits per heavy atom. The van der Waals surface area contributed by atoms with Crippen LogP contribution < -0.4 is 10.6 Å². The average Bonchev–Trinajstić information content (AvgIpc) is 2.49. The molecule has 0 aliphatic rings. The molecule has 1 aromatic carbocycles. The molecule has 0 spiro atoms. The molecule has 2 rings (SSSR count). The number of hydrogen-bond acceptors (Lipinski definition) is 4. The quantitative estimate of drug-likeness (QED) is 0.867. The van der Waals surface area contributed by atoms with Crippen LogP contribution in [-0.2, 0) is 0 Å². The van der Waals surface area contributed by atoms with E-state index in [0.717, 1.165) is 0 Å². The van der Waals surface area contributed by atoms with E-state index in [9.17, 15) is 4.79 Å². The minimum Gasteiger partial charge on any atom is -0.352 e. The van der Waals surface area contributed by atoms with E-state index < -0.39 is 0 Å². The first-order chi connectivity index (χ1) is 10.5. The fraction of sp³-hybridized carbons (Fsp3) is 0.267. The molecule has 0 bridgehead atoms. The lowest BCUT2D eigenvalue weighted by Crippen LogP contribution is -2.27. The number of carbonyl (C=O) groups is 1. The highest BCUT2D eigenvalue weighted by atomic mass is 35.5. The summed E-state index contributed by atoms with van der Waals surface area (Å²) < 4.78 is 0. The second kappa shape index (κ2) is 7.42. The fourth-order valence-corrected chi connectivity index (χ4v) is 1.91. The van der Waals surface area contributed by atoms with Crippen molar-refractivity contribution in [3.05, 3.63) is 46.2 Å². The van der Waals surface area contributed by atoms with Crippen molar-refractivity contribution in [3.63, 3.8) is 0 Å². The standard InChI is InChI=1S/C15H16Cl2N4O/c1-9(2)6-18-14(22)10-7-19-15(20-8-10)21-11-3-4-12(16)13(17)5-11/h3-5,7-9H,6H2,1-2H3,(H,18,22)(H,19,20,21). The molecule has 0 aliphatic carbocycles. The van der Waals surface area contributed by atoms with Crippen LogP contribution in [-0.4, -0.2) is 22.4 Å². The van der Waals surface area contributed by atoms with Gasteiger partial charge in [0.1, 0.15) is 0 Å². The molecular formula is C15H16Cl2N4O. The van der Waals surface area contributed by atoms with E-state index in [1.165, 1.54) is 12.4 Å². The Morgan fingerprint density at radius 1 is 1.18 bits per heavy atom. The Labute approximate surface area is 139 Å². The Kier molecular flexibility index (Phi) is 5.57. The van der Waals surface area contributed by atoms with Crippen LogP contribution in [0, 0.1) is 5.92 Å². The lowest BCUT2D eigenvalue weighted by molar-refractivity contribution is 0.0948. The zero-order valence-corrected chi connectivity index (χ0v) is 13.7.